The summed E-state index contributed by atoms with van der Waals surface area (Å²) in [6, 6.07) is 0. The van der Waals surface area contributed by atoms with Crippen LogP contribution in [0.5, 0.6) is 0 Å². The Morgan fingerprint density at radius 1 is 0.627 bits per heavy atom. The predicted molar refractivity (Wildman–Crippen MR) is 193 cm³/mol. The average Bonchev–Trinajstić information content (AvgIpc) is 3.10. The van der Waals surface area contributed by atoms with Gasteiger partial charge in [-0.25, -0.2) is 4.57 Å². The van der Waals surface area contributed by atoms with Crippen molar-refractivity contribution in [3.8, 4) is 0 Å². The van der Waals surface area contributed by atoms with Gasteiger partial charge in [0.15, 0.2) is 6.10 Å². The van der Waals surface area contributed by atoms with Gasteiger partial charge < -0.3 is 39.9 Å². The van der Waals surface area contributed by atoms with Gasteiger partial charge in [-0.05, 0) is 25.7 Å². The lowest BCUT2D eigenvalue weighted by atomic mass is 9.85. The van der Waals surface area contributed by atoms with Gasteiger partial charge in [0.05, 0.1) is 6.61 Å². The van der Waals surface area contributed by atoms with E-state index >= 15 is 0 Å². The number of ether oxygens (including phenoxy) is 2. The molecule has 0 aliphatic heterocycles. The van der Waals surface area contributed by atoms with E-state index in [2.05, 4.69) is 19.9 Å². The highest BCUT2D eigenvalue weighted by Gasteiger charge is 2.51. The van der Waals surface area contributed by atoms with E-state index in [0.29, 0.717) is 19.3 Å². The molecule has 7 unspecified atom stereocenters. The standard InChI is InChI=1S/C37H61O13P/c1-3-5-7-9-11-13-14-15-16-18-20-22-24-26-31(39)49-29(27-47-30(38)25-23-21-19-17-12-10-8-6-4-2)28-48-51(45,46)50-37-35(43)33(41)32(40)34(42)36(37)44/h5,7,9,11,13-16,18,20,29,32-37,40-44H,3-4,6,8,10,12,17,19,21-28H2,1-2H3,(H,45,46)/b7-5+,11-9+,14-13+,16-15+,20-18+/t29?,32?,33-,34?,35?,36?,37?/m1/s1. The zero-order valence-corrected chi connectivity index (χ0v) is 31.0. The molecule has 0 aromatic heterocycles. The van der Waals surface area contributed by atoms with Crippen molar-refractivity contribution in [2.75, 3.05) is 13.2 Å². The Bertz CT molecular complexity index is 1140. The zero-order chi connectivity index (χ0) is 37.9. The SMILES string of the molecule is CC/C=C/C=C/C=C/C=C/C=C/CCCC(=O)OC(COC(=O)CCCCCCCCCCC)COP(=O)(O)OC1C(O)C(O)C(O)[C@@H](O)C1O. The Hall–Kier alpha value is -2.45. The molecule has 0 spiro atoms. The number of aliphatic hydroxyl groups excluding tert-OH is 5. The fraction of sp³-hybridized carbons (Fsp3) is 0.676. The van der Waals surface area contributed by atoms with Crippen molar-refractivity contribution in [3.05, 3.63) is 60.8 Å². The highest BCUT2D eigenvalue weighted by atomic mass is 31.2. The lowest BCUT2D eigenvalue weighted by Gasteiger charge is -2.41. The van der Waals surface area contributed by atoms with Gasteiger partial charge in [0, 0.05) is 12.8 Å². The van der Waals surface area contributed by atoms with Gasteiger partial charge in [-0.2, -0.15) is 0 Å². The first-order valence-electron chi connectivity index (χ1n) is 18.2. The molecule has 51 heavy (non-hydrogen) atoms. The molecule has 14 heteroatoms. The summed E-state index contributed by atoms with van der Waals surface area (Å²) >= 11 is 0. The average molecular weight is 745 g/mol. The van der Waals surface area contributed by atoms with Crippen molar-refractivity contribution in [2.24, 2.45) is 0 Å². The normalized spacial score (nSPS) is 24.6. The van der Waals surface area contributed by atoms with Crippen LogP contribution in [0.15, 0.2) is 60.8 Å². The van der Waals surface area contributed by atoms with Crippen molar-refractivity contribution in [3.63, 3.8) is 0 Å². The molecule has 13 nitrogen and oxygen atoms in total. The van der Waals surface area contributed by atoms with Crippen LogP contribution < -0.4 is 0 Å². The summed E-state index contributed by atoms with van der Waals surface area (Å²) in [4.78, 5) is 35.3. The second kappa shape index (κ2) is 28.1. The van der Waals surface area contributed by atoms with Crippen molar-refractivity contribution in [1.82, 2.24) is 0 Å². The Kier molecular flexibility index (Phi) is 25.7. The van der Waals surface area contributed by atoms with Gasteiger partial charge in [0.2, 0.25) is 0 Å². The topological polar surface area (TPSA) is 210 Å². The third-order valence-corrected chi connectivity index (χ3v) is 8.99. The molecule has 1 fully saturated rings. The van der Waals surface area contributed by atoms with Crippen LogP contribution in [0, 0.1) is 0 Å². The summed E-state index contributed by atoms with van der Waals surface area (Å²) in [5, 5.41) is 49.8. The first-order chi connectivity index (χ1) is 24.4. The third kappa shape index (κ3) is 21.6. The smallest absolute Gasteiger partial charge is 0.462 e. The van der Waals surface area contributed by atoms with E-state index < -0.39 is 75.7 Å². The summed E-state index contributed by atoms with van der Waals surface area (Å²) in [5.41, 5.74) is 0. The largest absolute Gasteiger partial charge is 0.472 e. The van der Waals surface area contributed by atoms with E-state index in [1.54, 1.807) is 0 Å². The van der Waals surface area contributed by atoms with Crippen LogP contribution in [0.25, 0.3) is 0 Å². The lowest BCUT2D eigenvalue weighted by Crippen LogP contribution is -2.64. The molecule has 0 aromatic carbocycles. The molecule has 1 aliphatic rings. The Labute approximate surface area is 303 Å². The molecule has 1 rings (SSSR count). The van der Waals surface area contributed by atoms with Crippen LogP contribution in [0.4, 0.5) is 0 Å². The summed E-state index contributed by atoms with van der Waals surface area (Å²) in [7, 11) is -5.12. The fourth-order valence-electron chi connectivity index (χ4n) is 5.02. The van der Waals surface area contributed by atoms with Gasteiger partial charge in [0.1, 0.15) is 43.2 Å². The van der Waals surface area contributed by atoms with Gasteiger partial charge in [-0.15, -0.1) is 0 Å². The monoisotopic (exact) mass is 744 g/mol. The van der Waals surface area contributed by atoms with E-state index in [1.165, 1.54) is 25.7 Å². The number of unbranched alkanes of at least 4 members (excludes halogenated alkanes) is 9. The van der Waals surface area contributed by atoms with Crippen LogP contribution in [0.1, 0.15) is 104 Å². The minimum atomic E-state index is -5.12. The first kappa shape index (κ1) is 46.6. The minimum Gasteiger partial charge on any atom is -0.462 e. The number of hydrogen-bond donors (Lipinski definition) is 6. The van der Waals surface area contributed by atoms with Gasteiger partial charge in [0.25, 0.3) is 0 Å². The van der Waals surface area contributed by atoms with E-state index in [4.69, 9.17) is 18.5 Å². The molecule has 8 atom stereocenters. The molecule has 0 bridgehead atoms. The van der Waals surface area contributed by atoms with Gasteiger partial charge in [-0.3, -0.25) is 18.6 Å². The molecular weight excluding hydrogens is 683 g/mol. The van der Waals surface area contributed by atoms with Crippen LogP contribution in [0.3, 0.4) is 0 Å². The maximum Gasteiger partial charge on any atom is 0.472 e. The summed E-state index contributed by atoms with van der Waals surface area (Å²) in [5.74, 6) is -1.20. The number of phosphoric ester groups is 1. The van der Waals surface area contributed by atoms with Gasteiger partial charge in [-0.1, -0.05) is 126 Å². The van der Waals surface area contributed by atoms with E-state index in [1.807, 2.05) is 54.7 Å². The summed E-state index contributed by atoms with van der Waals surface area (Å²) in [6.07, 6.45) is 17.6. The number of rotatable bonds is 27. The number of carbonyl (C=O) groups is 2. The Morgan fingerprint density at radius 2 is 1.12 bits per heavy atom. The predicted octanol–water partition coefficient (Wildman–Crippen LogP) is 5.04. The van der Waals surface area contributed by atoms with Crippen molar-refractivity contribution in [1.29, 1.82) is 0 Å². The number of aliphatic hydroxyl groups is 5. The minimum absolute atomic E-state index is 0.00122. The maximum absolute atomic E-state index is 12.7. The van der Waals surface area contributed by atoms with Crippen LogP contribution in [0.2, 0.25) is 0 Å². The van der Waals surface area contributed by atoms with Crippen LogP contribution >= 0.6 is 7.82 Å². The Balaban J connectivity index is 2.65. The molecule has 0 aromatic rings. The number of phosphoric acid groups is 1. The zero-order valence-electron chi connectivity index (χ0n) is 30.1. The molecule has 1 aliphatic carbocycles. The summed E-state index contributed by atoms with van der Waals surface area (Å²) in [6.45, 7) is 3.00. The van der Waals surface area contributed by atoms with Gasteiger partial charge >= 0.3 is 19.8 Å². The highest BCUT2D eigenvalue weighted by molar-refractivity contribution is 7.47. The van der Waals surface area contributed by atoms with Crippen molar-refractivity contribution >= 4 is 19.8 Å². The van der Waals surface area contributed by atoms with Crippen molar-refractivity contribution in [2.45, 2.75) is 146 Å². The van der Waals surface area contributed by atoms with E-state index in [-0.39, 0.29) is 12.8 Å². The third-order valence-electron chi connectivity index (χ3n) is 8.00. The highest BCUT2D eigenvalue weighted by Crippen LogP contribution is 2.47. The number of carbonyl (C=O) groups excluding carboxylic acids is 2. The quantitative estimate of drug-likeness (QED) is 0.0282. The number of hydrogen-bond acceptors (Lipinski definition) is 12. The Morgan fingerprint density at radius 3 is 1.69 bits per heavy atom. The number of esters is 2. The second-order valence-electron chi connectivity index (χ2n) is 12.5. The van der Waals surface area contributed by atoms with E-state index in [9.17, 15) is 44.6 Å². The molecule has 6 N–H and O–H groups in total. The molecule has 0 amide bonds. The first-order valence-corrected chi connectivity index (χ1v) is 19.7. The van der Waals surface area contributed by atoms with E-state index in [0.717, 1.165) is 32.1 Å². The maximum atomic E-state index is 12.7. The molecule has 0 heterocycles. The summed E-state index contributed by atoms with van der Waals surface area (Å²) < 4.78 is 33.1. The molecular formula is C37H61O13P. The number of allylic oxidation sites excluding steroid dienone is 10. The van der Waals surface area contributed by atoms with Crippen LogP contribution in [-0.4, -0.2) is 98.3 Å². The molecule has 0 radical (unpaired) electrons. The molecule has 0 saturated heterocycles. The second-order valence-corrected chi connectivity index (χ2v) is 13.9. The lowest BCUT2D eigenvalue weighted by molar-refractivity contribution is -0.220. The molecule has 292 valence electrons. The fourth-order valence-corrected chi connectivity index (χ4v) is 5.99. The van der Waals surface area contributed by atoms with Crippen LogP contribution in [-0.2, 0) is 32.7 Å². The molecule has 1 saturated carbocycles. The van der Waals surface area contributed by atoms with Crippen molar-refractivity contribution < 1.29 is 63.1 Å².